The van der Waals surface area contributed by atoms with Crippen LogP contribution in [0.1, 0.15) is 36.8 Å². The van der Waals surface area contributed by atoms with Gasteiger partial charge in [-0.2, -0.15) is 0 Å². The van der Waals surface area contributed by atoms with Crippen LogP contribution in [0.5, 0.6) is 0 Å². The van der Waals surface area contributed by atoms with E-state index in [1.165, 1.54) is 5.56 Å². The van der Waals surface area contributed by atoms with E-state index in [4.69, 9.17) is 4.42 Å². The maximum Gasteiger partial charge on any atom is 0.226 e. The number of nitrogens with zero attached hydrogens (tertiary/aromatic N) is 2. The third-order valence-electron chi connectivity index (χ3n) is 4.20. The molecule has 136 valence electrons. The Hall–Kier alpha value is -2.14. The Labute approximate surface area is 150 Å². The molecule has 1 heterocycles. The molecule has 0 unspecified atom stereocenters. The number of likely N-dealkylation sites (N-methyl/N-ethyl adjacent to an activating group) is 1. The fourth-order valence-corrected chi connectivity index (χ4v) is 2.59. The van der Waals surface area contributed by atoms with Crippen molar-refractivity contribution in [3.8, 4) is 11.5 Å². The summed E-state index contributed by atoms with van der Waals surface area (Å²) in [6.07, 6.45) is 3.06. The molecule has 0 bridgehead atoms. The van der Waals surface area contributed by atoms with E-state index in [0.717, 1.165) is 42.8 Å². The number of oxazole rings is 1. The minimum absolute atomic E-state index is 0.0957. The van der Waals surface area contributed by atoms with Gasteiger partial charge in [-0.05, 0) is 58.0 Å². The first kappa shape index (κ1) is 19.2. The lowest BCUT2D eigenvalue weighted by Crippen LogP contribution is -2.31. The van der Waals surface area contributed by atoms with Gasteiger partial charge in [-0.15, -0.1) is 0 Å². The predicted molar refractivity (Wildman–Crippen MR) is 101 cm³/mol. The van der Waals surface area contributed by atoms with Crippen molar-refractivity contribution in [3.63, 3.8) is 0 Å². The Morgan fingerprint density at radius 3 is 2.60 bits per heavy atom. The molecule has 1 aromatic heterocycles. The highest BCUT2D eigenvalue weighted by atomic mass is 16.4. The first-order valence-electron chi connectivity index (χ1n) is 8.96. The van der Waals surface area contributed by atoms with Crippen LogP contribution >= 0.6 is 0 Å². The number of amides is 1. The van der Waals surface area contributed by atoms with E-state index in [-0.39, 0.29) is 5.91 Å². The molecule has 1 aromatic carbocycles. The monoisotopic (exact) mass is 343 g/mol. The van der Waals surface area contributed by atoms with E-state index in [1.807, 2.05) is 38.1 Å². The van der Waals surface area contributed by atoms with Crippen LogP contribution in [0.2, 0.25) is 0 Å². The molecule has 0 aliphatic heterocycles. The fraction of sp³-hybridized carbons (Fsp3) is 0.500. The Bertz CT molecular complexity index is 675. The largest absolute Gasteiger partial charge is 0.441 e. The van der Waals surface area contributed by atoms with Crippen LogP contribution in [0.4, 0.5) is 0 Å². The van der Waals surface area contributed by atoms with E-state index in [9.17, 15) is 4.79 Å². The smallest absolute Gasteiger partial charge is 0.226 e. The maximum atomic E-state index is 11.8. The molecule has 1 N–H and O–H groups in total. The lowest BCUT2D eigenvalue weighted by Gasteiger charge is -2.10. The quantitative estimate of drug-likeness (QED) is 0.759. The number of hydrogen-bond donors (Lipinski definition) is 1. The number of nitrogens with one attached hydrogen (secondary N) is 1. The average Bonchev–Trinajstić information content (AvgIpc) is 2.95. The van der Waals surface area contributed by atoms with Crippen molar-refractivity contribution in [2.45, 2.75) is 39.5 Å². The second-order valence-corrected chi connectivity index (χ2v) is 6.58. The second-order valence-electron chi connectivity index (χ2n) is 6.58. The zero-order chi connectivity index (χ0) is 18.2. The number of aryl methyl sites for hydroxylation is 3. The topological polar surface area (TPSA) is 58.4 Å². The van der Waals surface area contributed by atoms with Gasteiger partial charge in [0.1, 0.15) is 5.76 Å². The van der Waals surface area contributed by atoms with Crippen LogP contribution in [-0.4, -0.2) is 43.0 Å². The standard InChI is InChI=1S/C20H29N3O2/c1-5-16-9-11-17(12-10-16)20-22-18(15(2)25-20)7-6-8-19(24)21-13-14-23(3)4/h9-12H,5-8,13-14H2,1-4H3,(H,21,24). The summed E-state index contributed by atoms with van der Waals surface area (Å²) < 4.78 is 5.81. The van der Waals surface area contributed by atoms with Gasteiger partial charge in [0, 0.05) is 25.1 Å². The minimum atomic E-state index is 0.0957. The van der Waals surface area contributed by atoms with Crippen LogP contribution < -0.4 is 5.32 Å². The summed E-state index contributed by atoms with van der Waals surface area (Å²) in [5.74, 6) is 1.59. The summed E-state index contributed by atoms with van der Waals surface area (Å²) >= 11 is 0. The van der Waals surface area contributed by atoms with Crippen LogP contribution in [0.3, 0.4) is 0 Å². The van der Waals surface area contributed by atoms with E-state index in [1.54, 1.807) is 0 Å². The van der Waals surface area contributed by atoms with Crippen molar-refractivity contribution in [1.82, 2.24) is 15.2 Å². The van der Waals surface area contributed by atoms with Gasteiger partial charge in [0.05, 0.1) is 5.69 Å². The summed E-state index contributed by atoms with van der Waals surface area (Å²) in [7, 11) is 3.99. The highest BCUT2D eigenvalue weighted by Gasteiger charge is 2.12. The first-order chi connectivity index (χ1) is 12.0. The van der Waals surface area contributed by atoms with Crippen LogP contribution in [0.15, 0.2) is 28.7 Å². The molecule has 0 aliphatic carbocycles. The lowest BCUT2D eigenvalue weighted by atomic mass is 10.1. The van der Waals surface area contributed by atoms with Gasteiger partial charge in [-0.3, -0.25) is 4.79 Å². The number of hydrogen-bond acceptors (Lipinski definition) is 4. The Morgan fingerprint density at radius 2 is 1.96 bits per heavy atom. The molecule has 5 heteroatoms. The van der Waals surface area contributed by atoms with Crippen LogP contribution in [0.25, 0.3) is 11.5 Å². The summed E-state index contributed by atoms with van der Waals surface area (Å²) in [5.41, 5.74) is 3.23. The molecule has 0 fully saturated rings. The number of rotatable bonds is 9. The normalized spacial score (nSPS) is 11.1. The third-order valence-corrected chi connectivity index (χ3v) is 4.20. The van der Waals surface area contributed by atoms with Crippen LogP contribution in [-0.2, 0) is 17.6 Å². The first-order valence-corrected chi connectivity index (χ1v) is 8.96. The maximum absolute atomic E-state index is 11.8. The molecule has 0 spiro atoms. The summed E-state index contributed by atoms with van der Waals surface area (Å²) in [4.78, 5) is 18.5. The number of carbonyl (C=O) groups is 1. The predicted octanol–water partition coefficient (Wildman–Crippen LogP) is 3.21. The van der Waals surface area contributed by atoms with Crippen molar-refractivity contribution in [2.75, 3.05) is 27.2 Å². The van der Waals surface area contributed by atoms with E-state index in [0.29, 0.717) is 18.9 Å². The van der Waals surface area contributed by atoms with Gasteiger partial charge in [-0.25, -0.2) is 4.98 Å². The van der Waals surface area contributed by atoms with Gasteiger partial charge in [0.25, 0.3) is 0 Å². The third kappa shape index (κ3) is 6.02. The number of aromatic nitrogens is 1. The molecule has 0 saturated carbocycles. The lowest BCUT2D eigenvalue weighted by molar-refractivity contribution is -0.121. The summed E-state index contributed by atoms with van der Waals surface area (Å²) in [6.45, 7) is 5.61. The SMILES string of the molecule is CCc1ccc(-c2nc(CCCC(=O)NCCN(C)C)c(C)o2)cc1. The van der Waals surface area contributed by atoms with Gasteiger partial charge in [-0.1, -0.05) is 19.1 Å². The molecule has 2 rings (SSSR count). The Kier molecular flexibility index (Phi) is 7.19. The van der Waals surface area contributed by atoms with Gasteiger partial charge in [0.15, 0.2) is 0 Å². The molecule has 2 aromatic rings. The number of carbonyl (C=O) groups excluding carboxylic acids is 1. The van der Waals surface area contributed by atoms with Crippen molar-refractivity contribution < 1.29 is 9.21 Å². The van der Waals surface area contributed by atoms with Gasteiger partial charge >= 0.3 is 0 Å². The average molecular weight is 343 g/mol. The van der Waals surface area contributed by atoms with Crippen molar-refractivity contribution in [3.05, 3.63) is 41.3 Å². The molecule has 1 amide bonds. The van der Waals surface area contributed by atoms with E-state index >= 15 is 0 Å². The van der Waals surface area contributed by atoms with E-state index in [2.05, 4.69) is 29.4 Å². The van der Waals surface area contributed by atoms with Gasteiger partial charge < -0.3 is 14.6 Å². The van der Waals surface area contributed by atoms with Crippen molar-refractivity contribution in [1.29, 1.82) is 0 Å². The minimum Gasteiger partial charge on any atom is -0.441 e. The van der Waals surface area contributed by atoms with Crippen LogP contribution in [0, 0.1) is 6.92 Å². The highest BCUT2D eigenvalue weighted by molar-refractivity contribution is 5.75. The zero-order valence-electron chi connectivity index (χ0n) is 15.8. The molecule has 0 atom stereocenters. The fourth-order valence-electron chi connectivity index (χ4n) is 2.59. The summed E-state index contributed by atoms with van der Waals surface area (Å²) in [6, 6.07) is 8.30. The zero-order valence-corrected chi connectivity index (χ0v) is 15.8. The Balaban J connectivity index is 1.84. The van der Waals surface area contributed by atoms with E-state index < -0.39 is 0 Å². The molecule has 25 heavy (non-hydrogen) atoms. The molecular weight excluding hydrogens is 314 g/mol. The molecule has 5 nitrogen and oxygen atoms in total. The molecule has 0 aliphatic rings. The van der Waals surface area contributed by atoms with Gasteiger partial charge in [0.2, 0.25) is 11.8 Å². The van der Waals surface area contributed by atoms with Crippen molar-refractivity contribution in [2.24, 2.45) is 0 Å². The molecule has 0 radical (unpaired) electrons. The Morgan fingerprint density at radius 1 is 1.24 bits per heavy atom. The highest BCUT2D eigenvalue weighted by Crippen LogP contribution is 2.23. The molecule has 0 saturated heterocycles. The molecular formula is C20H29N3O2. The summed E-state index contributed by atoms with van der Waals surface area (Å²) in [5, 5.41) is 2.93. The van der Waals surface area contributed by atoms with Crippen molar-refractivity contribution >= 4 is 5.91 Å². The number of benzene rings is 1. The second kappa shape index (κ2) is 9.37.